The van der Waals surface area contributed by atoms with Gasteiger partial charge in [-0.3, -0.25) is 29.8 Å². The van der Waals surface area contributed by atoms with Crippen LogP contribution in [0.15, 0.2) is 54.6 Å². The molecule has 11 heteroatoms. The van der Waals surface area contributed by atoms with E-state index >= 15 is 0 Å². The molecular formula is C25H23N5O6. The van der Waals surface area contributed by atoms with E-state index in [2.05, 4.69) is 4.90 Å². The number of anilines is 3. The summed E-state index contributed by atoms with van der Waals surface area (Å²) in [6, 6.07) is 10.9. The number of nitrogens with zero attached hydrogens (tertiary/aromatic N) is 5. The summed E-state index contributed by atoms with van der Waals surface area (Å²) in [5, 5.41) is 22.9. The average Bonchev–Trinajstić information content (AvgIpc) is 3.57. The van der Waals surface area contributed by atoms with Crippen LogP contribution < -0.4 is 14.7 Å². The number of amides is 2. The largest absolute Gasteiger partial charge is 0.368 e. The van der Waals surface area contributed by atoms with E-state index in [0.717, 1.165) is 17.0 Å². The highest BCUT2D eigenvalue weighted by Gasteiger charge is 2.59. The normalized spacial score (nSPS) is 26.6. The standard InChI is InChI=1S/C25H23N5O6/c31-24-22-15-1-2-16(13-15)23(22)25(32)28(24)19-7-8-20(21(14-19)30(35)36)27-11-9-26(10-12-27)17-3-5-18(6-4-17)29(33)34/h1-8,14-16,22-23H,9-13H2/t15-,16-,22-,23-/m0/s1. The number of nitro groups is 2. The van der Waals surface area contributed by atoms with E-state index < -0.39 is 9.85 Å². The van der Waals surface area contributed by atoms with Crippen LogP contribution in [0.2, 0.25) is 0 Å². The van der Waals surface area contributed by atoms with Crippen molar-refractivity contribution < 1.29 is 19.4 Å². The van der Waals surface area contributed by atoms with Gasteiger partial charge in [-0.25, -0.2) is 4.90 Å². The Bertz CT molecular complexity index is 1290. The fraction of sp³-hybridized carbons (Fsp3) is 0.360. The molecule has 6 rings (SSSR count). The molecule has 0 radical (unpaired) electrons. The van der Waals surface area contributed by atoms with Gasteiger partial charge in [0.25, 0.3) is 11.4 Å². The number of carbonyl (C=O) groups is 2. The molecule has 2 heterocycles. The van der Waals surface area contributed by atoms with Gasteiger partial charge in [0, 0.05) is 50.1 Å². The summed E-state index contributed by atoms with van der Waals surface area (Å²) < 4.78 is 0. The van der Waals surface area contributed by atoms with Crippen molar-refractivity contribution in [1.29, 1.82) is 0 Å². The number of rotatable bonds is 5. The zero-order chi connectivity index (χ0) is 25.1. The van der Waals surface area contributed by atoms with E-state index in [1.807, 2.05) is 17.1 Å². The molecule has 0 unspecified atom stereocenters. The molecule has 0 aromatic heterocycles. The lowest BCUT2D eigenvalue weighted by molar-refractivity contribution is -0.384. The summed E-state index contributed by atoms with van der Waals surface area (Å²) in [4.78, 5) is 53.4. The summed E-state index contributed by atoms with van der Waals surface area (Å²) in [6.07, 6.45) is 4.86. The molecule has 2 aliphatic carbocycles. The van der Waals surface area contributed by atoms with Crippen molar-refractivity contribution in [2.45, 2.75) is 6.42 Å². The Morgan fingerprint density at radius 1 is 0.722 bits per heavy atom. The Morgan fingerprint density at radius 2 is 1.28 bits per heavy atom. The van der Waals surface area contributed by atoms with Crippen LogP contribution in [0.1, 0.15) is 6.42 Å². The molecule has 11 nitrogen and oxygen atoms in total. The minimum absolute atomic E-state index is 0.0237. The Balaban J connectivity index is 1.21. The first-order chi connectivity index (χ1) is 17.3. The fourth-order valence-electron chi connectivity index (χ4n) is 6.21. The highest BCUT2D eigenvalue weighted by atomic mass is 16.6. The molecule has 1 saturated carbocycles. The SMILES string of the molecule is O=C1[C@@H]2[C@@H](C(=O)N1c1ccc(N3CCN(c4ccc([N+](=O)[O-])cc4)CC3)c([N+](=O)[O-])c1)[C@H]1C=C[C@H]2C1. The van der Waals surface area contributed by atoms with Crippen LogP contribution in [-0.2, 0) is 9.59 Å². The molecule has 2 aromatic rings. The average molecular weight is 489 g/mol. The zero-order valence-electron chi connectivity index (χ0n) is 19.2. The second-order valence-electron chi connectivity index (χ2n) is 9.69. The summed E-state index contributed by atoms with van der Waals surface area (Å²) in [7, 11) is 0. The summed E-state index contributed by atoms with van der Waals surface area (Å²) in [6.45, 7) is 2.19. The quantitative estimate of drug-likeness (QED) is 0.271. The third-order valence-electron chi connectivity index (χ3n) is 7.93. The van der Waals surface area contributed by atoms with Gasteiger partial charge in [0.1, 0.15) is 5.69 Å². The predicted octanol–water partition coefficient (Wildman–Crippen LogP) is 3.14. The molecule has 36 heavy (non-hydrogen) atoms. The first-order valence-corrected chi connectivity index (χ1v) is 11.9. The van der Waals surface area contributed by atoms with Gasteiger partial charge < -0.3 is 9.80 Å². The van der Waals surface area contributed by atoms with E-state index in [4.69, 9.17) is 0 Å². The van der Waals surface area contributed by atoms with Crippen LogP contribution >= 0.6 is 0 Å². The van der Waals surface area contributed by atoms with Crippen LogP contribution in [-0.4, -0.2) is 47.8 Å². The number of hydrogen-bond acceptors (Lipinski definition) is 8. The third-order valence-corrected chi connectivity index (χ3v) is 7.93. The maximum atomic E-state index is 13.1. The first-order valence-electron chi connectivity index (χ1n) is 11.9. The topological polar surface area (TPSA) is 130 Å². The van der Waals surface area contributed by atoms with E-state index in [1.165, 1.54) is 18.2 Å². The van der Waals surface area contributed by atoms with E-state index in [0.29, 0.717) is 31.9 Å². The maximum Gasteiger partial charge on any atom is 0.294 e. The molecule has 2 aliphatic heterocycles. The molecule has 2 saturated heterocycles. The van der Waals surface area contributed by atoms with Gasteiger partial charge in [0.05, 0.1) is 27.4 Å². The van der Waals surface area contributed by atoms with Gasteiger partial charge in [0.2, 0.25) is 11.8 Å². The number of benzene rings is 2. The first kappa shape index (κ1) is 22.2. The van der Waals surface area contributed by atoms with Crippen LogP contribution in [0, 0.1) is 43.9 Å². The highest BCUT2D eigenvalue weighted by Crippen LogP contribution is 2.53. The lowest BCUT2D eigenvalue weighted by Gasteiger charge is -2.37. The van der Waals surface area contributed by atoms with Crippen LogP contribution in [0.25, 0.3) is 0 Å². The van der Waals surface area contributed by atoms with E-state index in [-0.39, 0.29) is 52.5 Å². The molecule has 4 atom stereocenters. The molecule has 184 valence electrons. The number of hydrogen-bond donors (Lipinski definition) is 0. The molecular weight excluding hydrogens is 466 g/mol. The van der Waals surface area contributed by atoms with Crippen molar-refractivity contribution in [3.8, 4) is 0 Å². The van der Waals surface area contributed by atoms with Crippen LogP contribution in [0.5, 0.6) is 0 Å². The number of nitro benzene ring substituents is 2. The minimum Gasteiger partial charge on any atom is -0.368 e. The number of imide groups is 1. The van der Waals surface area contributed by atoms with Crippen molar-refractivity contribution in [2.75, 3.05) is 40.9 Å². The van der Waals surface area contributed by atoms with Gasteiger partial charge in [-0.1, -0.05) is 12.2 Å². The summed E-state index contributed by atoms with van der Waals surface area (Å²) >= 11 is 0. The zero-order valence-corrected chi connectivity index (χ0v) is 19.2. The summed E-state index contributed by atoms with van der Waals surface area (Å²) in [5.41, 5.74) is 1.42. The van der Waals surface area contributed by atoms with Crippen molar-refractivity contribution in [1.82, 2.24) is 0 Å². The smallest absolute Gasteiger partial charge is 0.294 e. The molecule has 2 amide bonds. The lowest BCUT2D eigenvalue weighted by atomic mass is 9.85. The van der Waals surface area contributed by atoms with Gasteiger partial charge in [-0.2, -0.15) is 0 Å². The molecule has 0 spiro atoms. The van der Waals surface area contributed by atoms with Crippen LogP contribution in [0.4, 0.5) is 28.4 Å². The van der Waals surface area contributed by atoms with Crippen LogP contribution in [0.3, 0.4) is 0 Å². The Morgan fingerprint density at radius 3 is 1.83 bits per heavy atom. The van der Waals surface area contributed by atoms with E-state index in [1.54, 1.807) is 24.3 Å². The molecule has 3 fully saturated rings. The summed E-state index contributed by atoms with van der Waals surface area (Å²) in [5.74, 6) is -1.11. The Labute approximate surface area is 205 Å². The molecule has 2 aromatic carbocycles. The number of piperazine rings is 1. The van der Waals surface area contributed by atoms with Gasteiger partial charge in [-0.15, -0.1) is 0 Å². The van der Waals surface area contributed by atoms with Crippen molar-refractivity contribution in [2.24, 2.45) is 23.7 Å². The number of carbonyl (C=O) groups excluding carboxylic acids is 2. The molecule has 2 bridgehead atoms. The van der Waals surface area contributed by atoms with Crippen molar-refractivity contribution >= 4 is 40.3 Å². The van der Waals surface area contributed by atoms with E-state index in [9.17, 15) is 29.8 Å². The fourth-order valence-corrected chi connectivity index (χ4v) is 6.21. The number of non-ortho nitro benzene ring substituents is 1. The number of allylic oxidation sites excluding steroid dienone is 2. The second-order valence-corrected chi connectivity index (χ2v) is 9.69. The molecule has 0 N–H and O–H groups in total. The van der Waals surface area contributed by atoms with Crippen molar-refractivity contribution in [3.05, 3.63) is 74.8 Å². The lowest BCUT2D eigenvalue weighted by Crippen LogP contribution is -2.46. The highest BCUT2D eigenvalue weighted by molar-refractivity contribution is 6.23. The molecule has 4 aliphatic rings. The van der Waals surface area contributed by atoms with Gasteiger partial charge in [-0.05, 0) is 42.5 Å². The van der Waals surface area contributed by atoms with Gasteiger partial charge in [0.15, 0.2) is 0 Å². The van der Waals surface area contributed by atoms with Gasteiger partial charge >= 0.3 is 0 Å². The predicted molar refractivity (Wildman–Crippen MR) is 131 cm³/mol. The maximum absolute atomic E-state index is 13.1. The van der Waals surface area contributed by atoms with Crippen molar-refractivity contribution in [3.63, 3.8) is 0 Å². The Hall–Kier alpha value is -4.28. The monoisotopic (exact) mass is 489 g/mol. The third kappa shape index (κ3) is 3.34. The number of fused-ring (bicyclic) bond motifs is 5. The Kier molecular flexibility index (Phi) is 5.02. The minimum atomic E-state index is -0.474. The second kappa shape index (κ2) is 8.14.